The normalized spacial score (nSPS) is 7.30. The molecule has 0 spiro atoms. The molecule has 0 heterocycles. The summed E-state index contributed by atoms with van der Waals surface area (Å²) in [5.74, 6) is 0. The maximum atomic E-state index is 8.41. The van der Waals surface area contributed by atoms with Crippen molar-refractivity contribution in [1.29, 1.82) is 0 Å². The first-order valence-corrected chi connectivity index (χ1v) is 2.46. The molecule has 0 fully saturated rings. The molecule has 1 aromatic carbocycles. The number of quaternary nitrogens is 1. The summed E-state index contributed by atoms with van der Waals surface area (Å²) in [5, 5.41) is 8.41. The molecule has 0 radical (unpaired) electrons. The van der Waals surface area contributed by atoms with E-state index in [2.05, 4.69) is 0 Å². The summed E-state index contributed by atoms with van der Waals surface area (Å²) in [5.41, 5.74) is 1.92. The van der Waals surface area contributed by atoms with Gasteiger partial charge in [-0.3, -0.25) is 0 Å². The largest absolute Gasteiger partial charge is 1.00 e. The molecule has 0 atom stereocenters. The fourth-order valence-electron chi connectivity index (χ4n) is 0.539. The van der Waals surface area contributed by atoms with Crippen LogP contribution >= 0.6 is 0 Å². The number of rotatable bonds is 1. The van der Waals surface area contributed by atoms with Gasteiger partial charge in [-0.15, -0.1) is 0 Å². The quantitative estimate of drug-likeness (QED) is 0.329. The van der Waals surface area contributed by atoms with Gasteiger partial charge in [0, 0.05) is 12.1 Å². The van der Waals surface area contributed by atoms with Crippen LogP contribution in [0, 0.1) is 0 Å². The Balaban J connectivity index is 0. The third kappa shape index (κ3) is 3.69. The summed E-state index contributed by atoms with van der Waals surface area (Å²) >= 11 is 0. The zero-order valence-corrected chi connectivity index (χ0v) is 6.68. The average Bonchev–Trinajstić information content (AvgIpc) is 1.90. The topological polar surface area (TPSA) is 36.8 Å². The maximum absolute atomic E-state index is 8.41. The molecule has 0 aromatic heterocycles. The highest BCUT2D eigenvalue weighted by Crippen LogP contribution is 1.94. The van der Waals surface area contributed by atoms with Crippen LogP contribution in [-0.4, -0.2) is 5.21 Å². The molecule has 1 rings (SSSR count). The predicted molar refractivity (Wildman–Crippen MR) is 29.8 cm³/mol. The molecule has 2 nitrogen and oxygen atoms in total. The molecule has 0 aliphatic rings. The lowest BCUT2D eigenvalue weighted by Crippen LogP contribution is -3.00. The van der Waals surface area contributed by atoms with Crippen LogP contribution in [0.4, 0.5) is 5.69 Å². The van der Waals surface area contributed by atoms with E-state index < -0.39 is 0 Å². The average molecular weight is 181 g/mol. The molecule has 0 saturated carbocycles. The predicted octanol–water partition coefficient (Wildman–Crippen LogP) is -5.72. The number of halogens is 2. The van der Waals surface area contributed by atoms with Crippen LogP contribution in [0.15, 0.2) is 30.3 Å². The van der Waals surface area contributed by atoms with E-state index in [0.29, 0.717) is 0 Å². The maximum Gasteiger partial charge on any atom is 0.161 e. The molecule has 0 bridgehead atoms. The van der Waals surface area contributed by atoms with Gasteiger partial charge in [-0.2, -0.15) is 5.48 Å². The van der Waals surface area contributed by atoms with Crippen molar-refractivity contribution < 1.29 is 35.5 Å². The van der Waals surface area contributed by atoms with E-state index in [9.17, 15) is 0 Å². The van der Waals surface area contributed by atoms with E-state index in [1.54, 1.807) is 0 Å². The molecular formula is C6H8Cl2NO-. The van der Waals surface area contributed by atoms with Crippen LogP contribution < -0.4 is 30.3 Å². The number of hydrogen-bond acceptors (Lipinski definition) is 1. The Morgan fingerprint density at radius 2 is 1.50 bits per heavy atom. The van der Waals surface area contributed by atoms with E-state index in [4.69, 9.17) is 5.21 Å². The summed E-state index contributed by atoms with van der Waals surface area (Å²) in [6.45, 7) is 0. The first-order chi connectivity index (χ1) is 3.93. The first kappa shape index (κ1) is 12.4. The third-order valence-electron chi connectivity index (χ3n) is 0.949. The van der Waals surface area contributed by atoms with Crippen molar-refractivity contribution in [3.8, 4) is 0 Å². The van der Waals surface area contributed by atoms with E-state index in [1.807, 2.05) is 30.3 Å². The molecule has 0 amide bonds. The number of hydrogen-bond donors (Lipinski definition) is 2. The van der Waals surface area contributed by atoms with Gasteiger partial charge in [-0.1, -0.05) is 18.2 Å². The molecule has 4 heteroatoms. The fourth-order valence-corrected chi connectivity index (χ4v) is 0.539. The van der Waals surface area contributed by atoms with E-state index >= 15 is 0 Å². The van der Waals surface area contributed by atoms with Crippen LogP contribution in [-0.2, 0) is 0 Å². The smallest absolute Gasteiger partial charge is 0.161 e. The SMILES string of the molecule is O[NH2+]c1ccccc1.[Cl-].[Cl-]. The highest BCUT2D eigenvalue weighted by molar-refractivity contribution is 5.26. The Labute approximate surface area is 72.0 Å². The lowest BCUT2D eigenvalue weighted by Gasteiger charge is -1.86. The van der Waals surface area contributed by atoms with Crippen molar-refractivity contribution in [3.63, 3.8) is 0 Å². The van der Waals surface area contributed by atoms with Gasteiger partial charge < -0.3 is 24.8 Å². The van der Waals surface area contributed by atoms with Crippen molar-refractivity contribution in [2.24, 2.45) is 0 Å². The second-order valence-electron chi connectivity index (χ2n) is 1.54. The Morgan fingerprint density at radius 1 is 1.00 bits per heavy atom. The Bertz CT molecular complexity index is 157. The summed E-state index contributed by atoms with van der Waals surface area (Å²) in [6, 6.07) is 9.33. The number of nitrogens with two attached hydrogens (primary N) is 1. The van der Waals surface area contributed by atoms with Gasteiger partial charge in [0.2, 0.25) is 0 Å². The zero-order chi connectivity index (χ0) is 5.82. The molecule has 58 valence electrons. The molecule has 0 saturated heterocycles. The van der Waals surface area contributed by atoms with Gasteiger partial charge in [0.15, 0.2) is 5.69 Å². The minimum Gasteiger partial charge on any atom is -1.00 e. The van der Waals surface area contributed by atoms with Crippen LogP contribution in [0.3, 0.4) is 0 Å². The molecular weight excluding hydrogens is 173 g/mol. The first-order valence-electron chi connectivity index (χ1n) is 2.46. The van der Waals surface area contributed by atoms with Crippen molar-refractivity contribution in [2.75, 3.05) is 0 Å². The highest BCUT2D eigenvalue weighted by Gasteiger charge is 1.85. The monoisotopic (exact) mass is 180 g/mol. The second-order valence-corrected chi connectivity index (χ2v) is 1.54. The van der Waals surface area contributed by atoms with Gasteiger partial charge in [0.1, 0.15) is 0 Å². The molecule has 3 N–H and O–H groups in total. The van der Waals surface area contributed by atoms with E-state index in [1.165, 1.54) is 0 Å². The minimum absolute atomic E-state index is 0. The molecule has 0 unspecified atom stereocenters. The summed E-state index contributed by atoms with van der Waals surface area (Å²) in [7, 11) is 0. The Hall–Kier alpha value is -0.280. The van der Waals surface area contributed by atoms with E-state index in [-0.39, 0.29) is 24.8 Å². The molecule has 0 aliphatic carbocycles. The van der Waals surface area contributed by atoms with Crippen molar-refractivity contribution >= 4 is 5.69 Å². The van der Waals surface area contributed by atoms with Crippen molar-refractivity contribution in [2.45, 2.75) is 0 Å². The van der Waals surface area contributed by atoms with Gasteiger partial charge in [0.25, 0.3) is 0 Å². The lowest BCUT2D eigenvalue weighted by molar-refractivity contribution is -0.825. The molecule has 0 aliphatic heterocycles. The minimum atomic E-state index is 0. The Morgan fingerprint density at radius 3 is 1.80 bits per heavy atom. The summed E-state index contributed by atoms with van der Waals surface area (Å²) in [6.07, 6.45) is 0. The van der Waals surface area contributed by atoms with Crippen molar-refractivity contribution in [1.82, 2.24) is 0 Å². The van der Waals surface area contributed by atoms with Gasteiger partial charge in [0.05, 0.1) is 0 Å². The van der Waals surface area contributed by atoms with Crippen LogP contribution in [0.5, 0.6) is 0 Å². The lowest BCUT2D eigenvalue weighted by atomic mass is 10.3. The second kappa shape index (κ2) is 6.83. The zero-order valence-electron chi connectivity index (χ0n) is 5.17. The summed E-state index contributed by atoms with van der Waals surface area (Å²) < 4.78 is 0. The number of para-hydroxylation sites is 1. The van der Waals surface area contributed by atoms with Crippen molar-refractivity contribution in [3.05, 3.63) is 30.3 Å². The van der Waals surface area contributed by atoms with Gasteiger partial charge in [-0.25, -0.2) is 5.21 Å². The molecule has 1 aromatic rings. The number of benzene rings is 1. The standard InChI is InChI=1S/C6H7NO.2ClH/c8-7-6-4-2-1-3-5-6;;/h1-5,7-8H;2*1H/p-1. The Kier molecular flexibility index (Phi) is 8.48. The highest BCUT2D eigenvalue weighted by atomic mass is 35.5. The van der Waals surface area contributed by atoms with Crippen LogP contribution in [0.2, 0.25) is 0 Å². The fraction of sp³-hybridized carbons (Fsp3) is 0. The van der Waals surface area contributed by atoms with Gasteiger partial charge in [-0.05, 0) is 0 Å². The van der Waals surface area contributed by atoms with Crippen LogP contribution in [0.25, 0.3) is 0 Å². The van der Waals surface area contributed by atoms with Crippen LogP contribution in [0.1, 0.15) is 0 Å². The molecule has 10 heavy (non-hydrogen) atoms. The third-order valence-corrected chi connectivity index (χ3v) is 0.949. The van der Waals surface area contributed by atoms with E-state index in [0.717, 1.165) is 11.2 Å². The summed E-state index contributed by atoms with van der Waals surface area (Å²) in [4.78, 5) is 0. The van der Waals surface area contributed by atoms with Gasteiger partial charge >= 0.3 is 0 Å².